The number of aromatic nitrogens is 1. The van der Waals surface area contributed by atoms with E-state index in [9.17, 15) is 63.9 Å². The van der Waals surface area contributed by atoms with E-state index in [1.165, 1.54) is 24.8 Å². The first kappa shape index (κ1) is 73.1. The number of aliphatic carboxylic acids is 2. The number of carbonyl (C=O) groups is 10. The quantitative estimate of drug-likeness (QED) is 0.0246. The summed E-state index contributed by atoms with van der Waals surface area (Å²) in [7, 11) is 3.60. The topological polar surface area (TPSA) is 381 Å². The molecule has 15 atom stereocenters. The fraction of sp³-hybridized carbons (Fsp3) is 0.603. The van der Waals surface area contributed by atoms with Crippen LogP contribution in [-0.2, 0) is 65.6 Å². The molecule has 26 nitrogen and oxygen atoms in total. The lowest BCUT2D eigenvalue weighted by Gasteiger charge is -2.45. The van der Waals surface area contributed by atoms with Crippen LogP contribution >= 0.6 is 23.1 Å². The normalized spacial score (nSPS) is 24.0. The SMILES string of the molecule is CC[C@H](C)[C@H](CC(=O)[C@H]1CCCC[N+]1(C)Cc1ccc(OC2O[C@H](C(=O)O)[C@@H](O)[C@H](O)[C@H]2O)c(NC(=O)CCNC(=O)[C@H](CN)N2C(=O)CC(SC)C2=O)c1)C(=O)N(C)[C@H](C[C@@H](OC(C)=O)c1nc(C(=O)N[C@@H](Cc2ccccc2)C[C@H](C)C(=O)O)cs1)C(C)C. The highest BCUT2D eigenvalue weighted by atomic mass is 32.2. The van der Waals surface area contributed by atoms with E-state index in [0.29, 0.717) is 36.4 Å². The number of ketones is 1. The van der Waals surface area contributed by atoms with E-state index < -0.39 is 126 Å². The summed E-state index contributed by atoms with van der Waals surface area (Å²) in [5.74, 6) is -8.90. The number of carboxylic acids is 2. The van der Waals surface area contributed by atoms with Crippen molar-refractivity contribution in [1.29, 1.82) is 0 Å². The third-order valence-electron chi connectivity index (χ3n) is 17.6. The molecule has 1 aromatic heterocycles. The van der Waals surface area contributed by atoms with Gasteiger partial charge in [-0.25, -0.2) is 9.78 Å². The summed E-state index contributed by atoms with van der Waals surface area (Å²) >= 11 is 2.28. The zero-order chi connectivity index (χ0) is 67.2. The summed E-state index contributed by atoms with van der Waals surface area (Å²) in [4.78, 5) is 140. The number of aliphatic hydroxyl groups excluding tert-OH is 3. The van der Waals surface area contributed by atoms with Gasteiger partial charge in [-0.05, 0) is 67.5 Å². The molecular formula is C63H89N8O18S2+. The van der Waals surface area contributed by atoms with Crippen molar-refractivity contribution in [2.75, 3.05) is 45.3 Å². The zero-order valence-electron chi connectivity index (χ0n) is 53.0. The zero-order valence-corrected chi connectivity index (χ0v) is 54.6. The lowest BCUT2D eigenvalue weighted by Crippen LogP contribution is -2.61. The van der Waals surface area contributed by atoms with Crippen molar-refractivity contribution in [3.05, 3.63) is 75.7 Å². The van der Waals surface area contributed by atoms with Gasteiger partial charge < -0.3 is 70.8 Å². The summed E-state index contributed by atoms with van der Waals surface area (Å²) < 4.78 is 17.4. The Labute approximate surface area is 537 Å². The molecule has 3 aromatic rings. The van der Waals surface area contributed by atoms with E-state index in [0.717, 1.165) is 34.6 Å². The number of imide groups is 1. The summed E-state index contributed by atoms with van der Waals surface area (Å²) in [6.45, 7) is 10.7. The molecule has 0 spiro atoms. The van der Waals surface area contributed by atoms with Gasteiger partial charge in [0, 0.05) is 88.1 Å². The minimum absolute atomic E-state index is 0.0194. The number of anilines is 1. The Balaban J connectivity index is 1.20. The number of amides is 6. The summed E-state index contributed by atoms with van der Waals surface area (Å²) in [6, 6.07) is 11.0. The van der Waals surface area contributed by atoms with Gasteiger partial charge in [-0.1, -0.05) is 71.4 Å². The molecule has 3 fully saturated rings. The van der Waals surface area contributed by atoms with Crippen LogP contribution in [0.3, 0.4) is 0 Å². The molecule has 3 saturated heterocycles. The van der Waals surface area contributed by atoms with Gasteiger partial charge in [-0.15, -0.1) is 11.3 Å². The predicted octanol–water partition coefficient (Wildman–Crippen LogP) is 3.43. The van der Waals surface area contributed by atoms with Gasteiger partial charge in [-0.2, -0.15) is 11.8 Å². The van der Waals surface area contributed by atoms with Crippen molar-refractivity contribution >= 4 is 87.9 Å². The Morgan fingerprint density at radius 2 is 1.66 bits per heavy atom. The monoisotopic (exact) mass is 1310 g/mol. The molecule has 91 heavy (non-hydrogen) atoms. The smallest absolute Gasteiger partial charge is 0.335 e. The number of quaternary nitrogens is 1. The molecule has 0 radical (unpaired) electrons. The molecule has 10 N–H and O–H groups in total. The average molecular weight is 1310 g/mol. The standard InChI is InChI=1S/C63H88N8O18S2/c1-10-34(4)40(59(81)69(7)43(33(2)3)28-48(87-36(6)72)58-68-42(32-91-58)56(79)66-39(24-35(5)61(83)84)25-37-16-12-11-13-17-37)27-46(73)45-18-14-15-23-71(45,8)31-38-19-20-47(88-63-54(78)52(76)53(77)55(89-63)62(85)86)41(26-38)67-50(74)21-22-65-57(80)44(30-64)70-51(75)29-49(90-9)60(70)82/h11-13,16-17,19-20,26,32-35,39-40,43-45,48-49,52-55,63,76-78H,10,14-15,18,21-25,27-31,64H2,1-9H3,(H4-,65,66,67,74,79,80,83,84,85,86)/p+1/t34-,35-,39+,40-,43+,44-,45+,48+,49?,52-,53-,54+,55-,63?,71?/m0/s1. The Morgan fingerprint density at radius 1 is 0.956 bits per heavy atom. The molecule has 2 aromatic carbocycles. The largest absolute Gasteiger partial charge is 0.481 e. The van der Waals surface area contributed by atoms with E-state index in [1.54, 1.807) is 42.6 Å². The highest BCUT2D eigenvalue weighted by molar-refractivity contribution is 8.00. The van der Waals surface area contributed by atoms with Crippen molar-refractivity contribution in [3.8, 4) is 5.75 Å². The number of thiazole rings is 1. The summed E-state index contributed by atoms with van der Waals surface area (Å²) in [5, 5.41) is 60.7. The fourth-order valence-electron chi connectivity index (χ4n) is 12.1. The number of ether oxygens (including phenoxy) is 3. The van der Waals surface area contributed by atoms with Crippen LogP contribution in [0.15, 0.2) is 53.9 Å². The minimum atomic E-state index is -2.02. The minimum Gasteiger partial charge on any atom is -0.481 e. The second-order valence-corrected chi connectivity index (χ2v) is 26.5. The molecule has 6 rings (SSSR count). The van der Waals surface area contributed by atoms with Crippen LogP contribution in [0, 0.1) is 23.7 Å². The average Bonchev–Trinajstić information content (AvgIpc) is 1.27. The van der Waals surface area contributed by atoms with Crippen LogP contribution in [0.2, 0.25) is 0 Å². The summed E-state index contributed by atoms with van der Waals surface area (Å²) in [5.41, 5.74) is 7.37. The number of thioether (sulfide) groups is 1. The van der Waals surface area contributed by atoms with E-state index in [2.05, 4.69) is 20.9 Å². The van der Waals surface area contributed by atoms with Crippen molar-refractivity contribution < 1.29 is 92.2 Å². The molecule has 0 aliphatic carbocycles. The van der Waals surface area contributed by atoms with E-state index in [4.69, 9.17) is 19.9 Å². The van der Waals surface area contributed by atoms with Crippen LogP contribution in [0.1, 0.15) is 132 Å². The molecule has 3 aliphatic rings. The molecule has 6 amide bonds. The number of rotatable bonds is 32. The van der Waals surface area contributed by atoms with Crippen LogP contribution in [0.5, 0.6) is 5.75 Å². The Hall–Kier alpha value is -6.92. The van der Waals surface area contributed by atoms with Crippen LogP contribution in [0.4, 0.5) is 5.69 Å². The molecular weight excluding hydrogens is 1220 g/mol. The molecule has 3 aliphatic heterocycles. The lowest BCUT2D eigenvalue weighted by atomic mass is 9.82. The second kappa shape index (κ2) is 33.1. The third-order valence-corrected chi connectivity index (χ3v) is 19.4. The van der Waals surface area contributed by atoms with Gasteiger partial charge in [0.15, 0.2) is 18.0 Å². The number of hydrogen-bond acceptors (Lipinski definition) is 20. The number of nitrogens with zero attached hydrogens (tertiary/aromatic N) is 4. The van der Waals surface area contributed by atoms with E-state index in [-0.39, 0.29) is 96.9 Å². The Kier molecular flexibility index (Phi) is 26.6. The molecule has 0 saturated carbocycles. The molecule has 28 heteroatoms. The van der Waals surface area contributed by atoms with Crippen LogP contribution < -0.4 is 26.4 Å². The molecule has 3 unspecified atom stereocenters. The van der Waals surface area contributed by atoms with Crippen molar-refractivity contribution in [3.63, 3.8) is 0 Å². The maximum atomic E-state index is 15.1. The molecule has 500 valence electrons. The maximum absolute atomic E-state index is 15.1. The number of likely N-dealkylation sites (N-methyl/N-ethyl adjacent to an activating group) is 1. The number of likely N-dealkylation sites (tertiary alicyclic amines) is 2. The van der Waals surface area contributed by atoms with Gasteiger partial charge >= 0.3 is 17.9 Å². The number of piperidine rings is 1. The van der Waals surface area contributed by atoms with Gasteiger partial charge in [-0.3, -0.25) is 48.1 Å². The predicted molar refractivity (Wildman–Crippen MR) is 335 cm³/mol. The number of carbonyl (C=O) groups excluding carboxylic acids is 8. The van der Waals surface area contributed by atoms with Gasteiger partial charge in [0.25, 0.3) is 5.91 Å². The number of benzene rings is 2. The fourth-order valence-corrected chi connectivity index (χ4v) is 13.6. The maximum Gasteiger partial charge on any atom is 0.335 e. The number of aliphatic hydroxyl groups is 3. The number of carboxylic acid groups (broad SMARTS) is 2. The number of nitrogens with two attached hydrogens (primary N) is 1. The third kappa shape index (κ3) is 18.9. The van der Waals surface area contributed by atoms with Crippen molar-refractivity contribution in [1.82, 2.24) is 25.4 Å². The number of esters is 1. The first-order chi connectivity index (χ1) is 43.0. The first-order valence-corrected chi connectivity index (χ1v) is 32.9. The lowest BCUT2D eigenvalue weighted by molar-refractivity contribution is -0.941. The van der Waals surface area contributed by atoms with Crippen molar-refractivity contribution in [2.24, 2.45) is 29.4 Å². The first-order valence-electron chi connectivity index (χ1n) is 30.7. The van der Waals surface area contributed by atoms with E-state index in [1.807, 2.05) is 65.1 Å². The van der Waals surface area contributed by atoms with Crippen LogP contribution in [0.25, 0.3) is 0 Å². The number of nitrogens with one attached hydrogen (secondary N) is 3. The van der Waals surface area contributed by atoms with Gasteiger partial charge in [0.2, 0.25) is 35.8 Å². The van der Waals surface area contributed by atoms with Crippen molar-refractivity contribution in [2.45, 2.75) is 179 Å². The molecule has 0 bridgehead atoms. The van der Waals surface area contributed by atoms with Gasteiger partial charge in [0.1, 0.15) is 53.4 Å². The Morgan fingerprint density at radius 3 is 2.27 bits per heavy atom. The number of Topliss-reactive ketones (excluding diaryl/α,β-unsaturated/α-hetero) is 1. The highest BCUT2D eigenvalue weighted by Gasteiger charge is 2.49. The Bertz CT molecular complexity index is 3080. The van der Waals surface area contributed by atoms with E-state index >= 15 is 9.59 Å². The van der Waals surface area contributed by atoms with Gasteiger partial charge in [0.05, 0.1) is 30.4 Å². The highest BCUT2D eigenvalue weighted by Crippen LogP contribution is 2.37. The van der Waals surface area contributed by atoms with Crippen LogP contribution in [-0.4, -0.2) is 204 Å². The number of hydrogen-bond donors (Lipinski definition) is 9. The molecule has 4 heterocycles. The summed E-state index contributed by atoms with van der Waals surface area (Å²) in [6.07, 6.45) is -6.57. The second-order valence-electron chi connectivity index (χ2n) is 24.6.